The monoisotopic (exact) mass is 475 g/mol. The molecule has 0 aliphatic rings. The summed E-state index contributed by atoms with van der Waals surface area (Å²) in [6.07, 6.45) is 7.35. The van der Waals surface area contributed by atoms with E-state index < -0.39 is 0 Å². The second kappa shape index (κ2) is 16.2. The maximum atomic E-state index is 11.1. The van der Waals surface area contributed by atoms with Crippen molar-refractivity contribution in [1.82, 2.24) is 4.98 Å². The van der Waals surface area contributed by atoms with Gasteiger partial charge in [-0.05, 0) is 69.7 Å². The molecule has 1 heterocycles. The molecule has 1 aromatic carbocycles. The Labute approximate surface area is 203 Å². The van der Waals surface area contributed by atoms with E-state index in [1.54, 1.807) is 13.1 Å². The molecule has 2 rings (SSSR count). The van der Waals surface area contributed by atoms with E-state index in [9.17, 15) is 4.79 Å². The fourth-order valence-corrected chi connectivity index (χ4v) is 3.17. The van der Waals surface area contributed by atoms with Crippen molar-refractivity contribution in [2.45, 2.75) is 73.3 Å². The van der Waals surface area contributed by atoms with Crippen LogP contribution in [0.15, 0.2) is 41.6 Å². The van der Waals surface area contributed by atoms with E-state index in [-0.39, 0.29) is 18.5 Å². The maximum Gasteiger partial charge on any atom is 0.189 e. The Balaban J connectivity index is 0.00000265. The van der Waals surface area contributed by atoms with Crippen molar-refractivity contribution in [1.29, 1.82) is 0 Å². The first-order valence-electron chi connectivity index (χ1n) is 11.7. The van der Waals surface area contributed by atoms with E-state index in [4.69, 9.17) is 21.1 Å². The number of ether oxygens (including phenoxy) is 2. The van der Waals surface area contributed by atoms with Crippen LogP contribution in [0.4, 0.5) is 5.82 Å². The highest BCUT2D eigenvalue weighted by molar-refractivity contribution is 6.31. The number of nitrogens with zero attached hydrogens (tertiary/aromatic N) is 2. The van der Waals surface area contributed by atoms with Gasteiger partial charge in [-0.2, -0.15) is 5.10 Å². The summed E-state index contributed by atoms with van der Waals surface area (Å²) in [5.74, 6) is 2.13. The molecule has 0 saturated carbocycles. The van der Waals surface area contributed by atoms with Crippen molar-refractivity contribution < 1.29 is 14.3 Å². The van der Waals surface area contributed by atoms with Crippen LogP contribution in [0.5, 0.6) is 11.5 Å². The number of benzene rings is 1. The number of halogens is 1. The first-order valence-corrected chi connectivity index (χ1v) is 12.1. The predicted octanol–water partition coefficient (Wildman–Crippen LogP) is 7.45. The average molecular weight is 476 g/mol. The van der Waals surface area contributed by atoms with Gasteiger partial charge >= 0.3 is 0 Å². The third kappa shape index (κ3) is 10.4. The minimum atomic E-state index is 0.0533. The number of ketones is 1. The standard InChI is InChI=1S/C24H32ClN3O3.C2H6/c1-5-19(12-13-20(6-2)30-16-17(3)29)15-27-28-24-23(11-8-14-26-24)31-22-10-7-9-21(25)18(22)4;1-2/h7-11,14-15,19-20H,5-6,12-13,16H2,1-4H3,(H,26,28);1-2H3/b27-15+;. The molecular weight excluding hydrogens is 438 g/mol. The number of nitrogens with one attached hydrogen (secondary N) is 1. The maximum absolute atomic E-state index is 11.1. The van der Waals surface area contributed by atoms with Crippen LogP contribution in [0.2, 0.25) is 5.02 Å². The van der Waals surface area contributed by atoms with Crippen LogP contribution in [0.3, 0.4) is 0 Å². The van der Waals surface area contributed by atoms with Gasteiger partial charge in [0.25, 0.3) is 0 Å². The predicted molar refractivity (Wildman–Crippen MR) is 138 cm³/mol. The van der Waals surface area contributed by atoms with Crippen molar-refractivity contribution in [3.05, 3.63) is 47.1 Å². The van der Waals surface area contributed by atoms with E-state index in [0.717, 1.165) is 31.2 Å². The van der Waals surface area contributed by atoms with E-state index >= 15 is 0 Å². The Kier molecular flexibility index (Phi) is 14.1. The lowest BCUT2D eigenvalue weighted by Gasteiger charge is -2.17. The number of hydrogen-bond acceptors (Lipinski definition) is 6. The molecule has 1 aromatic heterocycles. The molecule has 0 radical (unpaired) electrons. The zero-order valence-corrected chi connectivity index (χ0v) is 21.5. The minimum absolute atomic E-state index is 0.0533. The summed E-state index contributed by atoms with van der Waals surface area (Å²) in [6, 6.07) is 9.19. The highest BCUT2D eigenvalue weighted by atomic mass is 35.5. The summed E-state index contributed by atoms with van der Waals surface area (Å²) >= 11 is 6.19. The number of hydrazone groups is 1. The molecule has 2 aromatic rings. The molecule has 0 aliphatic heterocycles. The fourth-order valence-electron chi connectivity index (χ4n) is 3.00. The van der Waals surface area contributed by atoms with Crippen molar-refractivity contribution in [2.75, 3.05) is 12.0 Å². The molecule has 1 N–H and O–H groups in total. The first kappa shape index (κ1) is 28.6. The van der Waals surface area contributed by atoms with Crippen LogP contribution in [0.25, 0.3) is 0 Å². The molecule has 6 nitrogen and oxygen atoms in total. The van der Waals surface area contributed by atoms with E-state index in [1.807, 2.05) is 57.3 Å². The van der Waals surface area contributed by atoms with Gasteiger partial charge in [-0.1, -0.05) is 45.4 Å². The molecule has 0 amide bonds. The van der Waals surface area contributed by atoms with E-state index in [2.05, 4.69) is 29.4 Å². The number of pyridine rings is 1. The second-order valence-electron chi connectivity index (χ2n) is 7.49. The van der Waals surface area contributed by atoms with Crippen molar-refractivity contribution >= 4 is 29.4 Å². The van der Waals surface area contributed by atoms with Gasteiger partial charge < -0.3 is 9.47 Å². The van der Waals surface area contributed by atoms with Gasteiger partial charge in [-0.15, -0.1) is 0 Å². The summed E-state index contributed by atoms with van der Waals surface area (Å²) in [7, 11) is 0. The van der Waals surface area contributed by atoms with Gasteiger partial charge in [0.15, 0.2) is 17.4 Å². The molecule has 0 fully saturated rings. The largest absolute Gasteiger partial charge is 0.453 e. The molecule has 2 atom stereocenters. The quantitative estimate of drug-likeness (QED) is 0.240. The van der Waals surface area contributed by atoms with Gasteiger partial charge in [-0.3, -0.25) is 10.2 Å². The Morgan fingerprint density at radius 1 is 1.15 bits per heavy atom. The summed E-state index contributed by atoms with van der Waals surface area (Å²) in [5.41, 5.74) is 3.87. The van der Waals surface area contributed by atoms with Crippen LogP contribution >= 0.6 is 11.6 Å². The van der Waals surface area contributed by atoms with Gasteiger partial charge in [-0.25, -0.2) is 4.98 Å². The zero-order valence-electron chi connectivity index (χ0n) is 20.7. The van der Waals surface area contributed by atoms with Gasteiger partial charge in [0.2, 0.25) is 0 Å². The summed E-state index contributed by atoms with van der Waals surface area (Å²) in [6.45, 7) is 11.8. The molecular formula is C26H38ClN3O3. The number of hydrogen-bond donors (Lipinski definition) is 1. The van der Waals surface area contributed by atoms with Gasteiger partial charge in [0, 0.05) is 23.0 Å². The van der Waals surface area contributed by atoms with Crippen LogP contribution in [-0.4, -0.2) is 29.7 Å². The topological polar surface area (TPSA) is 72.8 Å². The molecule has 0 spiro atoms. The Hall–Kier alpha value is -2.44. The normalized spacial score (nSPS) is 12.6. The van der Waals surface area contributed by atoms with Crippen LogP contribution in [0.1, 0.15) is 65.9 Å². The number of Topliss-reactive ketones (excluding diaryl/α,β-unsaturated/α-hetero) is 1. The number of rotatable bonds is 13. The smallest absolute Gasteiger partial charge is 0.189 e. The minimum Gasteiger partial charge on any atom is -0.453 e. The van der Waals surface area contributed by atoms with Crippen LogP contribution in [-0.2, 0) is 9.53 Å². The molecule has 0 saturated heterocycles. The van der Waals surface area contributed by atoms with Gasteiger partial charge in [0.05, 0.1) is 6.10 Å². The second-order valence-corrected chi connectivity index (χ2v) is 7.90. The molecule has 0 bridgehead atoms. The molecule has 182 valence electrons. The van der Waals surface area contributed by atoms with E-state index in [1.165, 1.54) is 0 Å². The molecule has 0 aliphatic carbocycles. The lowest BCUT2D eigenvalue weighted by atomic mass is 9.99. The average Bonchev–Trinajstić information content (AvgIpc) is 2.83. The highest BCUT2D eigenvalue weighted by Gasteiger charge is 2.12. The zero-order chi connectivity index (χ0) is 24.6. The van der Waals surface area contributed by atoms with Crippen molar-refractivity contribution in [3.63, 3.8) is 0 Å². The molecule has 33 heavy (non-hydrogen) atoms. The number of anilines is 1. The Morgan fingerprint density at radius 2 is 1.88 bits per heavy atom. The third-order valence-corrected chi connectivity index (χ3v) is 5.44. The Bertz CT molecular complexity index is 874. The summed E-state index contributed by atoms with van der Waals surface area (Å²) in [5, 5.41) is 5.04. The van der Waals surface area contributed by atoms with Crippen LogP contribution in [0, 0.1) is 12.8 Å². The number of aromatic nitrogens is 1. The summed E-state index contributed by atoms with van der Waals surface area (Å²) in [4.78, 5) is 15.5. The van der Waals surface area contributed by atoms with Crippen LogP contribution < -0.4 is 10.2 Å². The first-order chi connectivity index (χ1) is 15.9. The van der Waals surface area contributed by atoms with Gasteiger partial charge in [0.1, 0.15) is 12.4 Å². The Morgan fingerprint density at radius 3 is 2.55 bits per heavy atom. The highest BCUT2D eigenvalue weighted by Crippen LogP contribution is 2.32. The molecule has 2 unspecified atom stereocenters. The fraction of sp³-hybridized carbons (Fsp3) is 0.500. The van der Waals surface area contributed by atoms with Crippen molar-refractivity contribution in [2.24, 2.45) is 11.0 Å². The third-order valence-electron chi connectivity index (χ3n) is 5.03. The molecule has 7 heteroatoms. The number of carbonyl (C=O) groups is 1. The lowest BCUT2D eigenvalue weighted by molar-refractivity contribution is -0.123. The number of carbonyl (C=O) groups excluding carboxylic acids is 1. The lowest BCUT2D eigenvalue weighted by Crippen LogP contribution is -2.18. The SMILES string of the molecule is CC.CCC(/C=N/Nc1ncccc1Oc1cccc(Cl)c1C)CCC(CC)OCC(C)=O. The van der Waals surface area contributed by atoms with E-state index in [0.29, 0.717) is 28.3 Å². The summed E-state index contributed by atoms with van der Waals surface area (Å²) < 4.78 is 11.7. The van der Waals surface area contributed by atoms with Crippen molar-refractivity contribution in [3.8, 4) is 11.5 Å².